The largest absolute Gasteiger partial charge is 0.283 e. The van der Waals surface area contributed by atoms with Gasteiger partial charge in [0, 0.05) is 12.2 Å². The number of anilines is 2. The molecule has 1 N–H and O–H groups in total. The molecule has 1 saturated carbocycles. The van der Waals surface area contributed by atoms with Crippen molar-refractivity contribution in [2.24, 2.45) is 0 Å². The Bertz CT molecular complexity index is 751. The van der Waals surface area contributed by atoms with Crippen molar-refractivity contribution in [3.05, 3.63) is 24.3 Å². The molecule has 8 heteroatoms. The molecule has 0 unspecified atom stereocenters. The van der Waals surface area contributed by atoms with E-state index in [0.29, 0.717) is 37.2 Å². The van der Waals surface area contributed by atoms with Gasteiger partial charge in [-0.15, -0.1) is 0 Å². The van der Waals surface area contributed by atoms with Gasteiger partial charge in [-0.05, 0) is 43.5 Å². The Morgan fingerprint density at radius 1 is 1.00 bits per heavy atom. The van der Waals surface area contributed by atoms with E-state index in [1.165, 1.54) is 4.31 Å². The molecule has 1 aromatic carbocycles. The van der Waals surface area contributed by atoms with E-state index < -0.39 is 20.0 Å². The molecule has 23 heavy (non-hydrogen) atoms. The third-order valence-corrected chi connectivity index (χ3v) is 8.24. The number of hydrogen-bond acceptors (Lipinski definition) is 4. The maximum absolute atomic E-state index is 12.4. The van der Waals surface area contributed by atoms with Gasteiger partial charge in [-0.2, -0.15) is 0 Å². The van der Waals surface area contributed by atoms with Gasteiger partial charge in [0.1, 0.15) is 0 Å². The number of sulfonamides is 2. The average molecular weight is 358 g/mol. The first kappa shape index (κ1) is 16.6. The highest BCUT2D eigenvalue weighted by molar-refractivity contribution is 7.93. The van der Waals surface area contributed by atoms with Crippen molar-refractivity contribution in [1.29, 1.82) is 0 Å². The van der Waals surface area contributed by atoms with Gasteiger partial charge in [0.25, 0.3) is 0 Å². The molecule has 128 valence electrons. The lowest BCUT2D eigenvalue weighted by Crippen LogP contribution is -2.29. The molecule has 0 bridgehead atoms. The van der Waals surface area contributed by atoms with Crippen LogP contribution in [-0.4, -0.2) is 34.4 Å². The third-order valence-electron chi connectivity index (χ3n) is 4.51. The number of nitrogens with one attached hydrogen (secondary N) is 1. The van der Waals surface area contributed by atoms with Gasteiger partial charge in [-0.3, -0.25) is 9.03 Å². The molecule has 2 aliphatic rings. The first-order valence-corrected chi connectivity index (χ1v) is 11.2. The third kappa shape index (κ3) is 3.63. The maximum atomic E-state index is 12.4. The van der Waals surface area contributed by atoms with Crippen molar-refractivity contribution >= 4 is 31.4 Å². The molecule has 1 saturated heterocycles. The smallest absolute Gasteiger partial charge is 0.235 e. The van der Waals surface area contributed by atoms with E-state index in [4.69, 9.17) is 0 Å². The summed E-state index contributed by atoms with van der Waals surface area (Å²) >= 11 is 0. The van der Waals surface area contributed by atoms with E-state index >= 15 is 0 Å². The van der Waals surface area contributed by atoms with Crippen molar-refractivity contribution < 1.29 is 16.8 Å². The van der Waals surface area contributed by atoms with Crippen LogP contribution in [0.4, 0.5) is 11.4 Å². The molecular weight excluding hydrogens is 336 g/mol. The van der Waals surface area contributed by atoms with Crippen molar-refractivity contribution in [3.63, 3.8) is 0 Å². The van der Waals surface area contributed by atoms with E-state index in [9.17, 15) is 16.8 Å². The molecule has 1 aromatic rings. The second-order valence-electron chi connectivity index (χ2n) is 6.20. The number of hydrogen-bond donors (Lipinski definition) is 1. The van der Waals surface area contributed by atoms with Crippen LogP contribution in [0.25, 0.3) is 0 Å². The van der Waals surface area contributed by atoms with Gasteiger partial charge in [-0.25, -0.2) is 16.8 Å². The Morgan fingerprint density at radius 2 is 1.65 bits per heavy atom. The van der Waals surface area contributed by atoms with Crippen molar-refractivity contribution in [2.45, 2.75) is 43.8 Å². The Balaban J connectivity index is 1.72. The summed E-state index contributed by atoms with van der Waals surface area (Å²) in [4.78, 5) is 0. The van der Waals surface area contributed by atoms with Crippen LogP contribution in [0.2, 0.25) is 0 Å². The minimum Gasteiger partial charge on any atom is -0.283 e. The van der Waals surface area contributed by atoms with Crippen molar-refractivity contribution in [3.8, 4) is 0 Å². The zero-order valence-electron chi connectivity index (χ0n) is 12.9. The lowest BCUT2D eigenvalue weighted by Gasteiger charge is -2.22. The molecule has 0 aromatic heterocycles. The minimum atomic E-state index is -3.37. The van der Waals surface area contributed by atoms with Crippen molar-refractivity contribution in [1.82, 2.24) is 0 Å². The molecule has 1 aliphatic carbocycles. The monoisotopic (exact) mass is 358 g/mol. The minimum absolute atomic E-state index is 0.170. The van der Waals surface area contributed by atoms with Crippen LogP contribution in [0.15, 0.2) is 24.3 Å². The maximum Gasteiger partial charge on any atom is 0.235 e. The fourth-order valence-electron chi connectivity index (χ4n) is 3.25. The van der Waals surface area contributed by atoms with Crippen LogP contribution < -0.4 is 9.03 Å². The molecule has 1 heterocycles. The molecule has 1 aliphatic heterocycles. The highest BCUT2D eigenvalue weighted by atomic mass is 32.2. The average Bonchev–Trinajstić information content (AvgIpc) is 2.88. The highest BCUT2D eigenvalue weighted by Gasteiger charge is 2.29. The van der Waals surface area contributed by atoms with E-state index in [0.717, 1.165) is 19.3 Å². The Kier molecular flexibility index (Phi) is 4.55. The number of nitrogens with zero attached hydrogens (tertiary/aromatic N) is 1. The summed E-state index contributed by atoms with van der Waals surface area (Å²) < 4.78 is 52.6. The standard InChI is InChI=1S/C15H22N2O4S2/c18-22(19)12-4-11-17(22)14-9-7-13(8-10-14)16-23(20,21)15-5-2-1-3-6-15/h7-10,15-16H,1-6,11-12H2. The van der Waals surface area contributed by atoms with Gasteiger partial charge in [0.2, 0.25) is 20.0 Å². The summed E-state index contributed by atoms with van der Waals surface area (Å²) in [7, 11) is -6.58. The molecule has 0 amide bonds. The summed E-state index contributed by atoms with van der Waals surface area (Å²) in [6, 6.07) is 6.57. The fourth-order valence-corrected chi connectivity index (χ4v) is 6.40. The zero-order valence-corrected chi connectivity index (χ0v) is 14.6. The summed E-state index contributed by atoms with van der Waals surface area (Å²) in [5.41, 5.74) is 1.07. The fraction of sp³-hybridized carbons (Fsp3) is 0.600. The topological polar surface area (TPSA) is 83.6 Å². The second-order valence-corrected chi connectivity index (χ2v) is 10.2. The molecular formula is C15H22N2O4S2. The lowest BCUT2D eigenvalue weighted by atomic mass is 10.0. The normalized spacial score (nSPS) is 22.2. The van der Waals surface area contributed by atoms with E-state index in [1.807, 2.05) is 0 Å². The van der Waals surface area contributed by atoms with Crippen LogP contribution in [0, 0.1) is 0 Å². The van der Waals surface area contributed by atoms with Gasteiger partial charge >= 0.3 is 0 Å². The molecule has 6 nitrogen and oxygen atoms in total. The zero-order chi connectivity index (χ0) is 16.5. The summed E-state index contributed by atoms with van der Waals surface area (Å²) in [6.07, 6.45) is 5.05. The Labute approximate surface area is 138 Å². The lowest BCUT2D eigenvalue weighted by molar-refractivity contribution is 0.486. The SMILES string of the molecule is O=S(=O)(Nc1ccc(N2CCCS2(=O)=O)cc1)C1CCCCC1. The summed E-state index contributed by atoms with van der Waals surface area (Å²) in [5.74, 6) is 0.170. The van der Waals surface area contributed by atoms with E-state index in [2.05, 4.69) is 4.72 Å². The van der Waals surface area contributed by atoms with Crippen LogP contribution in [0.5, 0.6) is 0 Å². The van der Waals surface area contributed by atoms with Gasteiger partial charge in [0.15, 0.2) is 0 Å². The summed E-state index contributed by atoms with van der Waals surface area (Å²) in [6.45, 7) is 0.482. The Morgan fingerprint density at radius 3 is 2.22 bits per heavy atom. The van der Waals surface area contributed by atoms with Crippen LogP contribution >= 0.6 is 0 Å². The van der Waals surface area contributed by atoms with Crippen LogP contribution in [0.1, 0.15) is 38.5 Å². The van der Waals surface area contributed by atoms with Gasteiger partial charge < -0.3 is 0 Å². The van der Waals surface area contributed by atoms with Crippen LogP contribution in [-0.2, 0) is 20.0 Å². The van der Waals surface area contributed by atoms with Crippen LogP contribution in [0.3, 0.4) is 0 Å². The number of benzene rings is 1. The quantitative estimate of drug-likeness (QED) is 0.895. The van der Waals surface area contributed by atoms with Gasteiger partial charge in [0.05, 0.1) is 16.7 Å². The number of rotatable bonds is 4. The first-order valence-electron chi connectivity index (χ1n) is 8.01. The first-order chi connectivity index (χ1) is 10.9. The molecule has 2 fully saturated rings. The Hall–Kier alpha value is -1.28. The highest BCUT2D eigenvalue weighted by Crippen LogP contribution is 2.28. The van der Waals surface area contributed by atoms with Gasteiger partial charge in [-0.1, -0.05) is 19.3 Å². The molecule has 0 radical (unpaired) electrons. The predicted molar refractivity (Wildman–Crippen MR) is 91.6 cm³/mol. The summed E-state index contributed by atoms with van der Waals surface area (Å²) in [5, 5.41) is -0.324. The molecule has 3 rings (SSSR count). The molecule has 0 spiro atoms. The predicted octanol–water partition coefficient (Wildman–Crippen LogP) is 2.30. The van der Waals surface area contributed by atoms with E-state index in [1.54, 1.807) is 24.3 Å². The van der Waals surface area contributed by atoms with E-state index in [-0.39, 0.29) is 11.0 Å². The molecule has 0 atom stereocenters. The second kappa shape index (κ2) is 6.32. The van der Waals surface area contributed by atoms with Crippen molar-refractivity contribution in [2.75, 3.05) is 21.3 Å².